The van der Waals surface area contributed by atoms with Crippen LogP contribution < -0.4 is 0 Å². The van der Waals surface area contributed by atoms with Crippen LogP contribution in [0, 0.1) is 17.8 Å². The van der Waals surface area contributed by atoms with Crippen LogP contribution in [0.5, 0.6) is 0 Å². The number of halogens is 2. The predicted molar refractivity (Wildman–Crippen MR) is 102 cm³/mol. The Morgan fingerprint density at radius 1 is 1.00 bits per heavy atom. The Labute approximate surface area is 150 Å². The standard InChI is InChI=1S/C21H26Cl2/c1-2-3-15-4-6-16(7-5-15)17-8-10-18(11-9-17)19-12-13-20(22)21(23)14-19/h2,10,12-17H,1,3-9,11H2/t15-,16-,17?. The van der Waals surface area contributed by atoms with Gasteiger partial charge in [-0.1, -0.05) is 41.4 Å². The van der Waals surface area contributed by atoms with Crippen LogP contribution >= 0.6 is 23.2 Å². The van der Waals surface area contributed by atoms with Gasteiger partial charge in [0, 0.05) is 0 Å². The molecule has 1 aromatic carbocycles. The maximum Gasteiger partial charge on any atom is 0.0598 e. The van der Waals surface area contributed by atoms with Crippen LogP contribution in [0.15, 0.2) is 36.9 Å². The third-order valence-corrected chi connectivity index (χ3v) is 6.54. The molecule has 0 aliphatic heterocycles. The van der Waals surface area contributed by atoms with Gasteiger partial charge in [-0.3, -0.25) is 0 Å². The summed E-state index contributed by atoms with van der Waals surface area (Å²) in [6.07, 6.45) is 15.1. The van der Waals surface area contributed by atoms with Crippen molar-refractivity contribution in [2.24, 2.45) is 17.8 Å². The monoisotopic (exact) mass is 348 g/mol. The summed E-state index contributed by atoms with van der Waals surface area (Å²) in [4.78, 5) is 0. The zero-order valence-electron chi connectivity index (χ0n) is 13.7. The number of allylic oxidation sites excluding steroid dienone is 3. The lowest BCUT2D eigenvalue weighted by Gasteiger charge is -2.35. The lowest BCUT2D eigenvalue weighted by molar-refractivity contribution is 0.196. The molecule has 0 nitrogen and oxygen atoms in total. The Hall–Kier alpha value is -0.720. The molecule has 1 aromatic rings. The lowest BCUT2D eigenvalue weighted by atomic mass is 9.70. The van der Waals surface area contributed by atoms with Gasteiger partial charge < -0.3 is 0 Å². The lowest BCUT2D eigenvalue weighted by Crippen LogP contribution is -2.23. The van der Waals surface area contributed by atoms with Crippen molar-refractivity contribution < 1.29 is 0 Å². The van der Waals surface area contributed by atoms with Crippen molar-refractivity contribution in [3.63, 3.8) is 0 Å². The average molecular weight is 349 g/mol. The predicted octanol–water partition coefficient (Wildman–Crippen LogP) is 7.56. The van der Waals surface area contributed by atoms with E-state index in [9.17, 15) is 0 Å². The van der Waals surface area contributed by atoms with E-state index in [4.69, 9.17) is 23.2 Å². The third kappa shape index (κ3) is 4.22. The van der Waals surface area contributed by atoms with E-state index in [0.717, 1.165) is 17.8 Å². The Bertz CT molecular complexity index is 580. The molecule has 0 aromatic heterocycles. The molecule has 2 aliphatic rings. The highest BCUT2D eigenvalue weighted by Gasteiger charge is 2.28. The van der Waals surface area contributed by atoms with E-state index in [1.54, 1.807) is 0 Å². The fourth-order valence-electron chi connectivity index (χ4n) is 4.37. The van der Waals surface area contributed by atoms with Crippen LogP contribution in [-0.4, -0.2) is 0 Å². The molecular formula is C21H26Cl2. The summed E-state index contributed by atoms with van der Waals surface area (Å²) in [7, 11) is 0. The maximum absolute atomic E-state index is 6.16. The van der Waals surface area contributed by atoms with Gasteiger partial charge in [-0.2, -0.15) is 0 Å². The van der Waals surface area contributed by atoms with Crippen LogP contribution in [0.3, 0.4) is 0 Å². The molecule has 1 saturated carbocycles. The fourth-order valence-corrected chi connectivity index (χ4v) is 4.67. The minimum Gasteiger partial charge on any atom is -0.103 e. The summed E-state index contributed by atoms with van der Waals surface area (Å²) >= 11 is 12.2. The molecule has 0 bridgehead atoms. The van der Waals surface area contributed by atoms with Crippen molar-refractivity contribution >= 4 is 28.8 Å². The number of hydrogen-bond acceptors (Lipinski definition) is 0. The van der Waals surface area contributed by atoms with Crippen molar-refractivity contribution in [2.45, 2.75) is 51.4 Å². The second-order valence-corrected chi connectivity index (χ2v) is 8.01. The molecule has 0 amide bonds. The molecule has 1 unspecified atom stereocenters. The maximum atomic E-state index is 6.16. The van der Waals surface area contributed by atoms with Gasteiger partial charge in [0.15, 0.2) is 0 Å². The quantitative estimate of drug-likeness (QED) is 0.492. The summed E-state index contributed by atoms with van der Waals surface area (Å²) in [5.41, 5.74) is 2.69. The number of rotatable bonds is 4. The third-order valence-electron chi connectivity index (χ3n) is 5.80. The van der Waals surface area contributed by atoms with Gasteiger partial charge in [-0.15, -0.1) is 6.58 Å². The number of benzene rings is 1. The van der Waals surface area contributed by atoms with Crippen molar-refractivity contribution in [1.29, 1.82) is 0 Å². The minimum absolute atomic E-state index is 0.640. The Balaban J connectivity index is 1.58. The highest BCUT2D eigenvalue weighted by Crippen LogP contribution is 2.42. The molecular weight excluding hydrogens is 323 g/mol. The van der Waals surface area contributed by atoms with E-state index in [1.165, 1.54) is 62.5 Å². The van der Waals surface area contributed by atoms with Gasteiger partial charge in [0.1, 0.15) is 0 Å². The van der Waals surface area contributed by atoms with E-state index in [0.29, 0.717) is 10.0 Å². The van der Waals surface area contributed by atoms with E-state index in [-0.39, 0.29) is 0 Å². The van der Waals surface area contributed by atoms with E-state index in [2.05, 4.69) is 24.8 Å². The SMILES string of the molecule is C=CC[C@H]1CC[C@H](C2CC=C(c3ccc(Cl)c(Cl)c3)CC2)CC1. The zero-order chi connectivity index (χ0) is 16.2. The van der Waals surface area contributed by atoms with Crippen LogP contribution in [0.25, 0.3) is 5.57 Å². The van der Waals surface area contributed by atoms with Gasteiger partial charge in [0.2, 0.25) is 0 Å². The molecule has 3 rings (SSSR count). The first-order chi connectivity index (χ1) is 11.2. The van der Waals surface area contributed by atoms with Crippen LogP contribution in [0.4, 0.5) is 0 Å². The molecule has 2 aliphatic carbocycles. The zero-order valence-corrected chi connectivity index (χ0v) is 15.3. The molecule has 0 heterocycles. The molecule has 1 atom stereocenters. The van der Waals surface area contributed by atoms with Gasteiger partial charge >= 0.3 is 0 Å². The Morgan fingerprint density at radius 2 is 1.78 bits per heavy atom. The van der Waals surface area contributed by atoms with Gasteiger partial charge in [0.25, 0.3) is 0 Å². The van der Waals surface area contributed by atoms with Gasteiger partial charge in [0.05, 0.1) is 10.0 Å². The highest BCUT2D eigenvalue weighted by molar-refractivity contribution is 6.42. The van der Waals surface area contributed by atoms with E-state index >= 15 is 0 Å². The fraction of sp³-hybridized carbons (Fsp3) is 0.524. The molecule has 0 spiro atoms. The summed E-state index contributed by atoms with van der Waals surface area (Å²) < 4.78 is 0. The van der Waals surface area contributed by atoms with Crippen molar-refractivity contribution in [1.82, 2.24) is 0 Å². The molecule has 0 N–H and O–H groups in total. The molecule has 0 saturated heterocycles. The first kappa shape index (κ1) is 17.1. The smallest absolute Gasteiger partial charge is 0.0598 e. The van der Waals surface area contributed by atoms with Gasteiger partial charge in [-0.05, 0) is 92.4 Å². The molecule has 124 valence electrons. The second kappa shape index (κ2) is 7.90. The molecule has 23 heavy (non-hydrogen) atoms. The first-order valence-electron chi connectivity index (χ1n) is 8.92. The Kier molecular flexibility index (Phi) is 5.88. The first-order valence-corrected chi connectivity index (χ1v) is 9.68. The summed E-state index contributed by atoms with van der Waals surface area (Å²) in [5.74, 6) is 2.71. The van der Waals surface area contributed by atoms with Crippen molar-refractivity contribution in [3.8, 4) is 0 Å². The largest absolute Gasteiger partial charge is 0.103 e. The molecule has 1 fully saturated rings. The summed E-state index contributed by atoms with van der Waals surface area (Å²) in [6, 6.07) is 6.02. The number of hydrogen-bond donors (Lipinski definition) is 0. The van der Waals surface area contributed by atoms with Crippen molar-refractivity contribution in [3.05, 3.63) is 52.5 Å². The highest BCUT2D eigenvalue weighted by atomic mass is 35.5. The summed E-state index contributed by atoms with van der Waals surface area (Å²) in [6.45, 7) is 3.89. The Morgan fingerprint density at radius 3 is 2.39 bits per heavy atom. The summed E-state index contributed by atoms with van der Waals surface area (Å²) in [5, 5.41) is 1.30. The van der Waals surface area contributed by atoms with Crippen LogP contribution in [0.1, 0.15) is 56.9 Å². The van der Waals surface area contributed by atoms with Crippen LogP contribution in [-0.2, 0) is 0 Å². The van der Waals surface area contributed by atoms with Gasteiger partial charge in [-0.25, -0.2) is 0 Å². The second-order valence-electron chi connectivity index (χ2n) is 7.20. The minimum atomic E-state index is 0.640. The van der Waals surface area contributed by atoms with Crippen LogP contribution in [0.2, 0.25) is 10.0 Å². The molecule has 0 radical (unpaired) electrons. The normalized spacial score (nSPS) is 28.3. The molecule has 2 heteroatoms. The van der Waals surface area contributed by atoms with E-state index < -0.39 is 0 Å². The van der Waals surface area contributed by atoms with Crippen molar-refractivity contribution in [2.75, 3.05) is 0 Å². The average Bonchev–Trinajstić information content (AvgIpc) is 2.59. The van der Waals surface area contributed by atoms with E-state index in [1.807, 2.05) is 12.1 Å². The topological polar surface area (TPSA) is 0 Å².